The van der Waals surface area contributed by atoms with Crippen molar-refractivity contribution in [2.24, 2.45) is 5.92 Å². The van der Waals surface area contributed by atoms with Gasteiger partial charge in [0.25, 0.3) is 0 Å². The molecular formula is C18H20O3S. The van der Waals surface area contributed by atoms with Crippen LogP contribution in [0.25, 0.3) is 0 Å². The lowest BCUT2D eigenvalue weighted by Gasteiger charge is -2.04. The van der Waals surface area contributed by atoms with E-state index in [9.17, 15) is 13.5 Å². The fourth-order valence-corrected chi connectivity index (χ4v) is 5.38. The molecule has 3 nitrogen and oxygen atoms in total. The van der Waals surface area contributed by atoms with Crippen LogP contribution in [0.5, 0.6) is 0 Å². The first-order valence-electron chi connectivity index (χ1n) is 7.58. The van der Waals surface area contributed by atoms with Gasteiger partial charge in [-0.15, -0.1) is 0 Å². The van der Waals surface area contributed by atoms with E-state index < -0.39 is 15.1 Å². The van der Waals surface area contributed by atoms with Gasteiger partial charge in [-0.05, 0) is 29.7 Å². The molecule has 0 aromatic heterocycles. The second-order valence-electron chi connectivity index (χ2n) is 5.79. The Balaban J connectivity index is 1.91. The maximum absolute atomic E-state index is 12.8. The fourth-order valence-electron chi connectivity index (χ4n) is 3.16. The third kappa shape index (κ3) is 2.57. The Morgan fingerprint density at radius 2 is 1.64 bits per heavy atom. The highest BCUT2D eigenvalue weighted by Gasteiger charge is 2.58. The van der Waals surface area contributed by atoms with Gasteiger partial charge in [-0.2, -0.15) is 0 Å². The SMILES string of the molecule is CCc1ccc([C@@H]2[C@@H](CO)[C@H]2S(=O)(=O)c2ccccc2)cc1. The van der Waals surface area contributed by atoms with E-state index in [2.05, 4.69) is 6.92 Å². The Labute approximate surface area is 131 Å². The molecule has 3 atom stereocenters. The zero-order chi connectivity index (χ0) is 15.7. The van der Waals surface area contributed by atoms with Crippen molar-refractivity contribution >= 4 is 9.84 Å². The Bertz CT molecular complexity index is 736. The highest BCUT2D eigenvalue weighted by Crippen LogP contribution is 2.53. The van der Waals surface area contributed by atoms with Gasteiger partial charge in [0.05, 0.1) is 10.1 Å². The molecule has 0 bridgehead atoms. The van der Waals surface area contributed by atoms with Gasteiger partial charge >= 0.3 is 0 Å². The summed E-state index contributed by atoms with van der Waals surface area (Å²) in [7, 11) is -3.40. The van der Waals surface area contributed by atoms with Crippen LogP contribution in [0.2, 0.25) is 0 Å². The molecular weight excluding hydrogens is 296 g/mol. The number of hydrogen-bond donors (Lipinski definition) is 1. The van der Waals surface area contributed by atoms with Gasteiger partial charge in [0.1, 0.15) is 0 Å². The number of benzene rings is 2. The number of aryl methyl sites for hydroxylation is 1. The minimum Gasteiger partial charge on any atom is -0.396 e. The Kier molecular flexibility index (Phi) is 4.06. The second kappa shape index (κ2) is 5.86. The van der Waals surface area contributed by atoms with Crippen LogP contribution in [0.15, 0.2) is 59.5 Å². The van der Waals surface area contributed by atoms with Crippen LogP contribution in [-0.2, 0) is 16.3 Å². The van der Waals surface area contributed by atoms with E-state index in [1.165, 1.54) is 5.56 Å². The lowest BCUT2D eigenvalue weighted by Crippen LogP contribution is -2.11. The molecule has 0 unspecified atom stereocenters. The minimum absolute atomic E-state index is 0.100. The molecule has 1 saturated carbocycles. The fraction of sp³-hybridized carbons (Fsp3) is 0.333. The summed E-state index contributed by atoms with van der Waals surface area (Å²) in [4.78, 5) is 0.339. The molecule has 0 spiro atoms. The summed E-state index contributed by atoms with van der Waals surface area (Å²) in [5.74, 6) is -0.321. The topological polar surface area (TPSA) is 54.4 Å². The quantitative estimate of drug-likeness (QED) is 0.923. The van der Waals surface area contributed by atoms with E-state index in [0.717, 1.165) is 12.0 Å². The third-order valence-electron chi connectivity index (χ3n) is 4.51. The predicted molar refractivity (Wildman–Crippen MR) is 86.6 cm³/mol. The molecule has 1 aliphatic rings. The maximum atomic E-state index is 12.8. The second-order valence-corrected chi connectivity index (χ2v) is 7.90. The molecule has 0 heterocycles. The first-order chi connectivity index (χ1) is 10.6. The molecule has 0 saturated heterocycles. The monoisotopic (exact) mass is 316 g/mol. The van der Waals surface area contributed by atoms with Crippen LogP contribution in [0.1, 0.15) is 24.0 Å². The highest BCUT2D eigenvalue weighted by molar-refractivity contribution is 7.92. The van der Waals surface area contributed by atoms with Crippen LogP contribution in [0.3, 0.4) is 0 Å². The van der Waals surface area contributed by atoms with Crippen molar-refractivity contribution in [2.75, 3.05) is 6.61 Å². The molecule has 3 rings (SSSR count). The summed E-state index contributed by atoms with van der Waals surface area (Å²) < 4.78 is 25.5. The molecule has 1 aliphatic carbocycles. The standard InChI is InChI=1S/C18H20O3S/c1-2-13-8-10-14(11-9-13)17-16(12-19)18(17)22(20,21)15-6-4-3-5-7-15/h3-11,16-19H,2,12H2,1H3/t16-,17-,18-/m1/s1. The molecule has 22 heavy (non-hydrogen) atoms. The summed E-state index contributed by atoms with van der Waals surface area (Å²) in [6.45, 7) is 1.99. The summed E-state index contributed by atoms with van der Waals surface area (Å²) in [5, 5.41) is 9.03. The lowest BCUT2D eigenvalue weighted by molar-refractivity contribution is 0.274. The van der Waals surface area contributed by atoms with Crippen molar-refractivity contribution in [1.82, 2.24) is 0 Å². The summed E-state index contributed by atoms with van der Waals surface area (Å²) in [6.07, 6.45) is 0.958. The maximum Gasteiger partial charge on any atom is 0.182 e. The number of sulfone groups is 1. The number of aliphatic hydroxyl groups is 1. The van der Waals surface area contributed by atoms with Crippen molar-refractivity contribution in [1.29, 1.82) is 0 Å². The van der Waals surface area contributed by atoms with Gasteiger partial charge in [0.15, 0.2) is 9.84 Å². The van der Waals surface area contributed by atoms with E-state index in [1.807, 2.05) is 24.3 Å². The van der Waals surface area contributed by atoms with Crippen molar-refractivity contribution in [3.05, 3.63) is 65.7 Å². The van der Waals surface area contributed by atoms with E-state index in [0.29, 0.717) is 4.90 Å². The van der Waals surface area contributed by atoms with E-state index >= 15 is 0 Å². The first kappa shape index (κ1) is 15.3. The average molecular weight is 316 g/mol. The zero-order valence-electron chi connectivity index (χ0n) is 12.5. The zero-order valence-corrected chi connectivity index (χ0v) is 13.3. The van der Waals surface area contributed by atoms with Crippen molar-refractivity contribution in [3.63, 3.8) is 0 Å². The largest absolute Gasteiger partial charge is 0.396 e. The summed E-state index contributed by atoms with van der Waals surface area (Å²) in [6, 6.07) is 16.6. The Hall–Kier alpha value is -1.65. The molecule has 0 amide bonds. The first-order valence-corrected chi connectivity index (χ1v) is 9.13. The van der Waals surface area contributed by atoms with Gasteiger partial charge in [-0.25, -0.2) is 8.42 Å². The van der Waals surface area contributed by atoms with Crippen LogP contribution in [0.4, 0.5) is 0 Å². The molecule has 1 N–H and O–H groups in total. The molecule has 0 radical (unpaired) electrons. The van der Waals surface area contributed by atoms with Crippen LogP contribution in [0, 0.1) is 5.92 Å². The Morgan fingerprint density at radius 3 is 2.18 bits per heavy atom. The summed E-state index contributed by atoms with van der Waals surface area (Å²) in [5.41, 5.74) is 2.23. The number of hydrogen-bond acceptors (Lipinski definition) is 3. The normalized spacial score (nSPS) is 24.2. The predicted octanol–water partition coefficient (Wildman–Crippen LogP) is 2.80. The van der Waals surface area contributed by atoms with Gasteiger partial charge in [0.2, 0.25) is 0 Å². The lowest BCUT2D eigenvalue weighted by atomic mass is 10.1. The van der Waals surface area contributed by atoms with E-state index in [1.54, 1.807) is 30.3 Å². The number of aliphatic hydroxyl groups excluding tert-OH is 1. The van der Waals surface area contributed by atoms with Crippen LogP contribution >= 0.6 is 0 Å². The Morgan fingerprint density at radius 1 is 1.00 bits per heavy atom. The van der Waals surface area contributed by atoms with Gasteiger partial charge < -0.3 is 5.11 Å². The van der Waals surface area contributed by atoms with Crippen molar-refractivity contribution < 1.29 is 13.5 Å². The molecule has 0 aliphatic heterocycles. The van der Waals surface area contributed by atoms with Crippen molar-refractivity contribution in [2.45, 2.75) is 29.4 Å². The molecule has 2 aromatic carbocycles. The third-order valence-corrected chi connectivity index (χ3v) is 6.80. The van der Waals surface area contributed by atoms with E-state index in [4.69, 9.17) is 0 Å². The smallest absolute Gasteiger partial charge is 0.182 e. The van der Waals surface area contributed by atoms with Gasteiger partial charge in [-0.3, -0.25) is 0 Å². The van der Waals surface area contributed by atoms with E-state index in [-0.39, 0.29) is 18.4 Å². The molecule has 2 aromatic rings. The molecule has 1 fully saturated rings. The average Bonchev–Trinajstić information content (AvgIpc) is 3.31. The minimum atomic E-state index is -3.40. The molecule has 116 valence electrons. The molecule has 4 heteroatoms. The summed E-state index contributed by atoms with van der Waals surface area (Å²) >= 11 is 0. The highest BCUT2D eigenvalue weighted by atomic mass is 32.2. The van der Waals surface area contributed by atoms with Gasteiger partial charge in [-0.1, -0.05) is 49.4 Å². The van der Waals surface area contributed by atoms with Crippen molar-refractivity contribution in [3.8, 4) is 0 Å². The number of rotatable bonds is 5. The van der Waals surface area contributed by atoms with Crippen LogP contribution in [-0.4, -0.2) is 25.4 Å². The van der Waals surface area contributed by atoms with Crippen LogP contribution < -0.4 is 0 Å². The van der Waals surface area contributed by atoms with Gasteiger partial charge in [0, 0.05) is 18.4 Å².